The second-order valence-electron chi connectivity index (χ2n) is 11.8. The molecule has 0 aliphatic carbocycles. The van der Waals surface area contributed by atoms with Crippen LogP contribution in [0.2, 0.25) is 18.1 Å². The number of aromatic nitrogens is 1. The zero-order chi connectivity index (χ0) is 28.0. The van der Waals surface area contributed by atoms with Gasteiger partial charge in [0.15, 0.2) is 8.32 Å². The Morgan fingerprint density at radius 1 is 0.895 bits per heavy atom. The molecule has 0 bridgehead atoms. The maximum Gasteiger partial charge on any atom is 0.416 e. The second-order valence-corrected chi connectivity index (χ2v) is 16.6. The second kappa shape index (κ2) is 12.0. The van der Waals surface area contributed by atoms with Gasteiger partial charge in [-0.2, -0.15) is 0 Å². The normalized spacial score (nSPS) is 12.1. The third-order valence-corrected chi connectivity index (χ3v) is 11.1. The summed E-state index contributed by atoms with van der Waals surface area (Å²) in [4.78, 5) is 24.3. The third-order valence-electron chi connectivity index (χ3n) is 6.54. The highest BCUT2D eigenvalue weighted by atomic mass is 28.4. The van der Waals surface area contributed by atoms with Crippen molar-refractivity contribution in [3.8, 4) is 0 Å². The van der Waals surface area contributed by atoms with E-state index in [4.69, 9.17) is 14.2 Å². The molecule has 2 aromatic carbocycles. The van der Waals surface area contributed by atoms with Gasteiger partial charge in [-0.15, -0.1) is 0 Å². The molecule has 0 fully saturated rings. The fourth-order valence-electron chi connectivity index (χ4n) is 3.47. The summed E-state index contributed by atoms with van der Waals surface area (Å²) < 4.78 is 12.1. The molecule has 202 valence electrons. The molecule has 6 nitrogen and oxygen atoms in total. The lowest BCUT2D eigenvalue weighted by Gasteiger charge is -2.36. The number of benzene rings is 2. The predicted molar refractivity (Wildman–Crippen MR) is 159 cm³/mol. The number of amides is 1. The number of carbonyl (C=O) groups excluding carboxylic acids is 1. The molecule has 0 aliphatic heterocycles. The Labute approximate surface area is 228 Å². The first-order valence-electron chi connectivity index (χ1n) is 13.1. The number of anilines is 1. The molecule has 0 saturated carbocycles. The van der Waals surface area contributed by atoms with Crippen LogP contribution < -0.4 is 4.90 Å². The van der Waals surface area contributed by atoms with E-state index >= 15 is 0 Å². The van der Waals surface area contributed by atoms with Gasteiger partial charge in [0.1, 0.15) is 11.4 Å². The molecule has 0 N–H and O–H groups in total. The van der Waals surface area contributed by atoms with Gasteiger partial charge in [-0.05, 0) is 45.0 Å². The van der Waals surface area contributed by atoms with Gasteiger partial charge in [0.05, 0.1) is 24.6 Å². The minimum Gasteiger partial charge on any atom is -0.443 e. The van der Waals surface area contributed by atoms with Crippen LogP contribution >= 0.6 is 0 Å². The summed E-state index contributed by atoms with van der Waals surface area (Å²) in [7, 11) is -1.98. The summed E-state index contributed by atoms with van der Waals surface area (Å²) in [6, 6.07) is 23.8. The monoisotopic (exact) mass is 531 g/mol. The maximum atomic E-state index is 13.3. The molecule has 0 radical (unpaired) electrons. The molecule has 1 amide bonds. The van der Waals surface area contributed by atoms with Gasteiger partial charge in [-0.25, -0.2) is 14.8 Å². The number of ether oxygens (including phenoxy) is 1. The Bertz CT molecular complexity index is 1190. The number of hydrogen-bond acceptors (Lipinski definition) is 5. The minimum atomic E-state index is -1.98. The Morgan fingerprint density at radius 3 is 1.95 bits per heavy atom. The largest absolute Gasteiger partial charge is 0.443 e. The van der Waals surface area contributed by atoms with E-state index in [0.29, 0.717) is 24.7 Å². The molecule has 0 aliphatic rings. The average Bonchev–Trinajstić information content (AvgIpc) is 2.84. The lowest BCUT2D eigenvalue weighted by molar-refractivity contribution is 0.0573. The molecule has 38 heavy (non-hydrogen) atoms. The lowest BCUT2D eigenvalue weighted by atomic mass is 10.0. The molecule has 0 unspecified atom stereocenters. The summed E-state index contributed by atoms with van der Waals surface area (Å²) in [6.45, 7) is 17.3. The van der Waals surface area contributed by atoms with E-state index in [1.807, 2.05) is 93.6 Å². The molecule has 0 atom stereocenters. The van der Waals surface area contributed by atoms with Crippen LogP contribution in [0.15, 0.2) is 84.0 Å². The van der Waals surface area contributed by atoms with Crippen LogP contribution in [0.25, 0.3) is 0 Å². The lowest BCUT2D eigenvalue weighted by Crippen LogP contribution is -2.44. The van der Waals surface area contributed by atoms with Gasteiger partial charge >= 0.3 is 6.09 Å². The SMILES string of the molecule is CC(C)(C)OC(=O)N(CCO[Si](C)(C)C(C)(C)C)c1cc(N=C(c2ccccc2)c2ccccc2)ccn1. The van der Waals surface area contributed by atoms with Crippen molar-refractivity contribution < 1.29 is 14.0 Å². The zero-order valence-electron chi connectivity index (χ0n) is 24.0. The first-order chi connectivity index (χ1) is 17.8. The van der Waals surface area contributed by atoms with E-state index in [1.54, 1.807) is 11.1 Å². The molecule has 0 spiro atoms. The van der Waals surface area contributed by atoms with Gasteiger partial charge in [-0.3, -0.25) is 4.90 Å². The zero-order valence-corrected chi connectivity index (χ0v) is 25.0. The van der Waals surface area contributed by atoms with Crippen molar-refractivity contribution in [2.45, 2.75) is 65.3 Å². The van der Waals surface area contributed by atoms with Crippen LogP contribution in [0.4, 0.5) is 16.3 Å². The van der Waals surface area contributed by atoms with Crippen molar-refractivity contribution in [1.29, 1.82) is 0 Å². The smallest absolute Gasteiger partial charge is 0.416 e. The van der Waals surface area contributed by atoms with Crippen molar-refractivity contribution in [3.63, 3.8) is 0 Å². The van der Waals surface area contributed by atoms with Crippen molar-refractivity contribution in [2.24, 2.45) is 4.99 Å². The molecule has 3 aromatic rings. The van der Waals surface area contributed by atoms with Gasteiger partial charge in [0, 0.05) is 23.4 Å². The Hall–Kier alpha value is -3.29. The fourth-order valence-corrected chi connectivity index (χ4v) is 4.50. The Kier molecular flexibility index (Phi) is 9.28. The first kappa shape index (κ1) is 29.3. The molecule has 7 heteroatoms. The number of nitrogens with zero attached hydrogens (tertiary/aromatic N) is 3. The standard InChI is InChI=1S/C31H41N3O3Si/c1-30(2,3)37-29(35)34(21-22-36-38(7,8)31(4,5)6)27-23-26(19-20-32-27)33-28(24-15-11-9-12-16-24)25-17-13-10-14-18-25/h9-20,23H,21-22H2,1-8H3. The van der Waals surface area contributed by atoms with Gasteiger partial charge in [-0.1, -0.05) is 81.4 Å². The van der Waals surface area contributed by atoms with Gasteiger partial charge in [0.25, 0.3) is 0 Å². The molecule has 1 heterocycles. The van der Waals surface area contributed by atoms with E-state index in [0.717, 1.165) is 16.8 Å². The number of hydrogen-bond donors (Lipinski definition) is 0. The summed E-state index contributed by atoms with van der Waals surface area (Å²) in [5.74, 6) is 0.472. The molecule has 0 saturated heterocycles. The topological polar surface area (TPSA) is 64.0 Å². The highest BCUT2D eigenvalue weighted by Crippen LogP contribution is 2.36. The van der Waals surface area contributed by atoms with Crippen molar-refractivity contribution in [3.05, 3.63) is 90.1 Å². The Morgan fingerprint density at radius 2 is 1.45 bits per heavy atom. The van der Waals surface area contributed by atoms with Gasteiger partial charge in [0.2, 0.25) is 0 Å². The van der Waals surface area contributed by atoms with E-state index in [-0.39, 0.29) is 5.04 Å². The summed E-state index contributed by atoms with van der Waals surface area (Å²) in [5.41, 5.74) is 2.90. The van der Waals surface area contributed by atoms with Crippen LogP contribution in [-0.4, -0.2) is 43.9 Å². The van der Waals surface area contributed by atoms with E-state index < -0.39 is 20.0 Å². The van der Waals surface area contributed by atoms with Gasteiger partial charge < -0.3 is 9.16 Å². The number of rotatable bonds is 8. The van der Waals surface area contributed by atoms with Crippen LogP contribution in [-0.2, 0) is 9.16 Å². The molecular weight excluding hydrogens is 490 g/mol. The Balaban J connectivity index is 1.97. The summed E-state index contributed by atoms with van der Waals surface area (Å²) >= 11 is 0. The third kappa shape index (κ3) is 8.10. The minimum absolute atomic E-state index is 0.0713. The fraction of sp³-hybridized carbons (Fsp3) is 0.387. The average molecular weight is 532 g/mol. The number of aliphatic imine (C=N–C) groups is 1. The van der Waals surface area contributed by atoms with Crippen molar-refractivity contribution in [2.75, 3.05) is 18.1 Å². The van der Waals surface area contributed by atoms with E-state index in [2.05, 4.69) is 38.8 Å². The van der Waals surface area contributed by atoms with Crippen LogP contribution in [0, 0.1) is 0 Å². The van der Waals surface area contributed by atoms with Crippen LogP contribution in [0.3, 0.4) is 0 Å². The first-order valence-corrected chi connectivity index (χ1v) is 16.0. The van der Waals surface area contributed by atoms with Crippen LogP contribution in [0.5, 0.6) is 0 Å². The highest BCUT2D eigenvalue weighted by molar-refractivity contribution is 6.74. The van der Waals surface area contributed by atoms with Crippen molar-refractivity contribution in [1.82, 2.24) is 4.98 Å². The highest BCUT2D eigenvalue weighted by Gasteiger charge is 2.37. The molecule has 3 rings (SSSR count). The van der Waals surface area contributed by atoms with Crippen molar-refractivity contribution >= 4 is 31.6 Å². The predicted octanol–water partition coefficient (Wildman–Crippen LogP) is 8.01. The number of carbonyl (C=O) groups is 1. The summed E-state index contributed by atoms with van der Waals surface area (Å²) in [6.07, 6.45) is 1.21. The van der Waals surface area contributed by atoms with E-state index in [9.17, 15) is 4.79 Å². The quantitative estimate of drug-likeness (QED) is 0.218. The van der Waals surface area contributed by atoms with E-state index in [1.165, 1.54) is 0 Å². The molecule has 1 aromatic heterocycles. The molecular formula is C31H41N3O3Si. The maximum absolute atomic E-state index is 13.3. The number of pyridine rings is 1. The van der Waals surface area contributed by atoms with Crippen LogP contribution in [0.1, 0.15) is 52.7 Å². The summed E-state index contributed by atoms with van der Waals surface area (Å²) in [5, 5.41) is 0.0713.